The summed E-state index contributed by atoms with van der Waals surface area (Å²) in [6, 6.07) is 7.67. The van der Waals surface area contributed by atoms with Crippen molar-refractivity contribution in [2.75, 3.05) is 12.3 Å². The average molecular weight is 262 g/mol. The van der Waals surface area contributed by atoms with E-state index in [4.69, 9.17) is 10.5 Å². The molecule has 0 aliphatic heterocycles. The molecule has 104 valence electrons. The van der Waals surface area contributed by atoms with Gasteiger partial charge in [0.25, 0.3) is 0 Å². The lowest BCUT2D eigenvalue weighted by Gasteiger charge is -2.13. The Kier molecular flexibility index (Phi) is 4.66. The number of nitrogens with one attached hydrogen (secondary N) is 1. The van der Waals surface area contributed by atoms with Gasteiger partial charge in [-0.3, -0.25) is 4.79 Å². The monoisotopic (exact) mass is 262 g/mol. The zero-order valence-corrected chi connectivity index (χ0v) is 11.4. The highest BCUT2D eigenvalue weighted by molar-refractivity contribution is 5.76. The van der Waals surface area contributed by atoms with E-state index in [2.05, 4.69) is 12.2 Å². The number of amides is 1. The molecule has 1 aliphatic carbocycles. The Morgan fingerprint density at radius 1 is 1.42 bits per heavy atom. The molecule has 1 fully saturated rings. The molecule has 1 aliphatic rings. The molecular formula is C15H22N2O2. The summed E-state index contributed by atoms with van der Waals surface area (Å²) in [5, 5.41) is 3.06. The molecule has 2 unspecified atom stereocenters. The summed E-state index contributed by atoms with van der Waals surface area (Å²) >= 11 is 0. The minimum atomic E-state index is 0.0635. The molecule has 1 aromatic rings. The van der Waals surface area contributed by atoms with Gasteiger partial charge in [0.15, 0.2) is 0 Å². The fraction of sp³-hybridized carbons (Fsp3) is 0.533. The van der Waals surface area contributed by atoms with Crippen molar-refractivity contribution in [1.29, 1.82) is 0 Å². The number of ether oxygens (including phenoxy) is 1. The Balaban J connectivity index is 1.68. The molecule has 0 spiro atoms. The fourth-order valence-corrected chi connectivity index (χ4v) is 2.50. The van der Waals surface area contributed by atoms with Crippen LogP contribution < -0.4 is 15.8 Å². The molecule has 2 atom stereocenters. The Morgan fingerprint density at radius 3 is 2.89 bits per heavy atom. The van der Waals surface area contributed by atoms with Crippen molar-refractivity contribution in [3.05, 3.63) is 24.3 Å². The lowest BCUT2D eigenvalue weighted by atomic mass is 10.1. The highest BCUT2D eigenvalue weighted by Crippen LogP contribution is 2.24. The number of benzene rings is 1. The van der Waals surface area contributed by atoms with E-state index >= 15 is 0 Å². The average Bonchev–Trinajstić information content (AvgIpc) is 2.77. The van der Waals surface area contributed by atoms with Crippen LogP contribution in [-0.2, 0) is 4.79 Å². The Hall–Kier alpha value is -1.71. The van der Waals surface area contributed by atoms with Crippen LogP contribution in [0.2, 0.25) is 0 Å². The molecule has 4 nitrogen and oxygen atoms in total. The third kappa shape index (κ3) is 4.16. The summed E-state index contributed by atoms with van der Waals surface area (Å²) in [6.07, 6.45) is 3.78. The number of carbonyl (C=O) groups excluding carboxylic acids is 1. The number of hydrogen-bond acceptors (Lipinski definition) is 3. The molecule has 0 saturated heterocycles. The minimum absolute atomic E-state index is 0.0635. The number of carbonyl (C=O) groups is 1. The van der Waals surface area contributed by atoms with Crippen molar-refractivity contribution in [2.45, 2.75) is 38.6 Å². The summed E-state index contributed by atoms with van der Waals surface area (Å²) < 4.78 is 5.51. The van der Waals surface area contributed by atoms with Crippen LogP contribution in [-0.4, -0.2) is 18.6 Å². The maximum absolute atomic E-state index is 11.8. The number of para-hydroxylation sites is 2. The van der Waals surface area contributed by atoms with Gasteiger partial charge in [0.2, 0.25) is 5.91 Å². The summed E-state index contributed by atoms with van der Waals surface area (Å²) in [5.41, 5.74) is 6.36. The van der Waals surface area contributed by atoms with Crippen LogP contribution in [0.4, 0.5) is 5.69 Å². The van der Waals surface area contributed by atoms with Crippen LogP contribution >= 0.6 is 0 Å². The first-order valence-electron chi connectivity index (χ1n) is 6.92. The summed E-state index contributed by atoms with van der Waals surface area (Å²) in [7, 11) is 0. The van der Waals surface area contributed by atoms with Crippen LogP contribution in [0, 0.1) is 5.92 Å². The van der Waals surface area contributed by atoms with E-state index in [1.807, 2.05) is 18.2 Å². The SMILES string of the molecule is CC1CCC(NC(=O)CCOc2ccccc2N)C1. The number of rotatable bonds is 5. The predicted molar refractivity (Wildman–Crippen MR) is 75.9 cm³/mol. The zero-order chi connectivity index (χ0) is 13.7. The molecule has 19 heavy (non-hydrogen) atoms. The van der Waals surface area contributed by atoms with Crippen LogP contribution in [0.5, 0.6) is 5.75 Å². The van der Waals surface area contributed by atoms with E-state index in [-0.39, 0.29) is 5.91 Å². The van der Waals surface area contributed by atoms with Crippen LogP contribution in [0.25, 0.3) is 0 Å². The second kappa shape index (κ2) is 6.45. The number of anilines is 1. The zero-order valence-electron chi connectivity index (χ0n) is 11.4. The van der Waals surface area contributed by atoms with Crippen LogP contribution in [0.15, 0.2) is 24.3 Å². The van der Waals surface area contributed by atoms with Gasteiger partial charge >= 0.3 is 0 Å². The van der Waals surface area contributed by atoms with Crippen molar-refractivity contribution in [3.63, 3.8) is 0 Å². The minimum Gasteiger partial charge on any atom is -0.491 e. The third-order valence-corrected chi connectivity index (χ3v) is 3.57. The van der Waals surface area contributed by atoms with E-state index in [0.717, 1.165) is 18.8 Å². The molecule has 4 heteroatoms. The van der Waals surface area contributed by atoms with Gasteiger partial charge in [-0.1, -0.05) is 19.1 Å². The van der Waals surface area contributed by atoms with Crippen molar-refractivity contribution >= 4 is 11.6 Å². The first-order chi connectivity index (χ1) is 9.15. The maximum atomic E-state index is 11.8. The van der Waals surface area contributed by atoms with E-state index in [1.165, 1.54) is 6.42 Å². The van der Waals surface area contributed by atoms with Gasteiger partial charge < -0.3 is 15.8 Å². The number of nitrogens with two attached hydrogens (primary N) is 1. The van der Waals surface area contributed by atoms with Gasteiger partial charge in [0, 0.05) is 6.04 Å². The molecule has 1 saturated carbocycles. The smallest absolute Gasteiger partial charge is 0.223 e. The molecule has 1 aromatic carbocycles. The maximum Gasteiger partial charge on any atom is 0.223 e. The lowest BCUT2D eigenvalue weighted by Crippen LogP contribution is -2.33. The fourth-order valence-electron chi connectivity index (χ4n) is 2.50. The van der Waals surface area contributed by atoms with Crippen molar-refractivity contribution in [3.8, 4) is 5.75 Å². The molecule has 1 amide bonds. The third-order valence-electron chi connectivity index (χ3n) is 3.57. The molecule has 0 bridgehead atoms. The second-order valence-corrected chi connectivity index (χ2v) is 5.32. The first kappa shape index (κ1) is 13.7. The summed E-state index contributed by atoms with van der Waals surface area (Å²) in [6.45, 7) is 2.59. The second-order valence-electron chi connectivity index (χ2n) is 5.32. The molecule has 0 aromatic heterocycles. The molecule has 0 radical (unpaired) electrons. The van der Waals surface area contributed by atoms with Gasteiger partial charge in [-0.05, 0) is 37.3 Å². The Labute approximate surface area is 114 Å². The van der Waals surface area contributed by atoms with Gasteiger partial charge in [0.05, 0.1) is 18.7 Å². The Morgan fingerprint density at radius 2 is 2.21 bits per heavy atom. The van der Waals surface area contributed by atoms with E-state index < -0.39 is 0 Å². The predicted octanol–water partition coefficient (Wildman–Crippen LogP) is 2.34. The standard InChI is InChI=1S/C15H22N2O2/c1-11-6-7-12(10-11)17-15(18)8-9-19-14-5-3-2-4-13(14)16/h2-5,11-12H,6-10,16H2,1H3,(H,17,18). The summed E-state index contributed by atoms with van der Waals surface area (Å²) in [4.78, 5) is 11.8. The van der Waals surface area contributed by atoms with E-state index in [1.54, 1.807) is 6.07 Å². The molecule has 0 heterocycles. The highest BCUT2D eigenvalue weighted by Gasteiger charge is 2.22. The van der Waals surface area contributed by atoms with Crippen molar-refractivity contribution in [2.24, 2.45) is 5.92 Å². The largest absolute Gasteiger partial charge is 0.491 e. The van der Waals surface area contributed by atoms with Crippen LogP contribution in [0.3, 0.4) is 0 Å². The molecular weight excluding hydrogens is 240 g/mol. The molecule has 2 rings (SSSR count). The van der Waals surface area contributed by atoms with Crippen molar-refractivity contribution < 1.29 is 9.53 Å². The van der Waals surface area contributed by atoms with E-state index in [0.29, 0.717) is 30.5 Å². The van der Waals surface area contributed by atoms with Crippen LogP contribution in [0.1, 0.15) is 32.6 Å². The quantitative estimate of drug-likeness (QED) is 0.801. The van der Waals surface area contributed by atoms with Gasteiger partial charge in [0.1, 0.15) is 5.75 Å². The number of hydrogen-bond donors (Lipinski definition) is 2. The topological polar surface area (TPSA) is 64.3 Å². The van der Waals surface area contributed by atoms with Gasteiger partial charge in [-0.2, -0.15) is 0 Å². The first-order valence-corrected chi connectivity index (χ1v) is 6.92. The normalized spacial score (nSPS) is 22.2. The van der Waals surface area contributed by atoms with Crippen molar-refractivity contribution in [1.82, 2.24) is 5.32 Å². The Bertz CT molecular complexity index is 434. The van der Waals surface area contributed by atoms with Gasteiger partial charge in [-0.25, -0.2) is 0 Å². The highest BCUT2D eigenvalue weighted by atomic mass is 16.5. The number of nitrogen functional groups attached to an aromatic ring is 1. The van der Waals surface area contributed by atoms with Gasteiger partial charge in [-0.15, -0.1) is 0 Å². The molecule has 3 N–H and O–H groups in total. The van der Waals surface area contributed by atoms with E-state index in [9.17, 15) is 4.79 Å². The lowest BCUT2D eigenvalue weighted by molar-refractivity contribution is -0.122. The summed E-state index contributed by atoms with van der Waals surface area (Å²) in [5.74, 6) is 1.43.